The van der Waals surface area contributed by atoms with E-state index < -0.39 is 23.8 Å². The Hall–Kier alpha value is -2.45. The second-order valence-electron chi connectivity index (χ2n) is 9.01. The highest BCUT2D eigenvalue weighted by atomic mass is 32.1. The van der Waals surface area contributed by atoms with Crippen LogP contribution in [0.3, 0.4) is 0 Å². The molecule has 0 saturated carbocycles. The number of fused-ring (bicyclic) bond motifs is 3. The maximum absolute atomic E-state index is 12.5. The number of primary amides is 1. The van der Waals surface area contributed by atoms with Crippen molar-refractivity contribution in [3.63, 3.8) is 0 Å². The highest BCUT2D eigenvalue weighted by molar-refractivity contribution is 7.59. The van der Waals surface area contributed by atoms with Gasteiger partial charge in [0.05, 0.1) is 0 Å². The molecule has 0 fully saturated rings. The van der Waals surface area contributed by atoms with Gasteiger partial charge in [0.25, 0.3) is 0 Å². The number of carbonyl (C=O) groups is 3. The zero-order chi connectivity index (χ0) is 23.3. The third-order valence-corrected chi connectivity index (χ3v) is 6.05. The maximum atomic E-state index is 12.5. The predicted octanol–water partition coefficient (Wildman–Crippen LogP) is 4.49. The summed E-state index contributed by atoms with van der Waals surface area (Å²) >= 11 is 0. The number of nitrogens with two attached hydrogens (primary N) is 1. The van der Waals surface area contributed by atoms with Gasteiger partial charge in [-0.05, 0) is 34.6 Å². The molecule has 0 radical (unpaired) electrons. The van der Waals surface area contributed by atoms with Crippen LogP contribution in [0.15, 0.2) is 48.5 Å². The number of hydrogen-bond acceptors (Lipinski definition) is 4. The van der Waals surface area contributed by atoms with E-state index in [0.29, 0.717) is 6.42 Å². The second kappa shape index (κ2) is 13.4. The Morgan fingerprint density at radius 3 is 1.97 bits per heavy atom. The van der Waals surface area contributed by atoms with Gasteiger partial charge in [0, 0.05) is 30.7 Å². The third-order valence-electron chi connectivity index (χ3n) is 6.05. The molecule has 3 rings (SSSR count). The molecule has 0 aromatic heterocycles. The van der Waals surface area contributed by atoms with Crippen molar-refractivity contribution in [1.29, 1.82) is 0 Å². The number of carbonyl (C=O) groups excluding carboxylic acids is 3. The molecule has 1 aliphatic rings. The lowest BCUT2D eigenvalue weighted by molar-refractivity contribution is -0.129. The standard InChI is InChI=1S/C26H32N2O4.2H2S/c1-16(2)12-18(25(27)30)13-24(29)17(3)14-28-26(31)32-15-23-21-10-6-4-8-19(21)20-9-5-7-11-22(20)23;;/h4-11,16-18,23H,12-15H2,1-3H3,(H2,27,30)(H,28,31);2*1H2/t17-,18+;;/m0../s1. The molecule has 2 amide bonds. The molecule has 186 valence electrons. The van der Waals surface area contributed by atoms with Crippen LogP contribution in [0.2, 0.25) is 0 Å². The summed E-state index contributed by atoms with van der Waals surface area (Å²) in [5, 5.41) is 2.68. The van der Waals surface area contributed by atoms with Crippen LogP contribution in [0.1, 0.15) is 50.7 Å². The molecule has 6 nitrogen and oxygen atoms in total. The van der Waals surface area contributed by atoms with Gasteiger partial charge in [-0.2, -0.15) is 27.0 Å². The second-order valence-corrected chi connectivity index (χ2v) is 9.01. The molecule has 0 bridgehead atoms. The van der Waals surface area contributed by atoms with Crippen LogP contribution in [0.5, 0.6) is 0 Å². The Labute approximate surface area is 215 Å². The topological polar surface area (TPSA) is 98.5 Å². The van der Waals surface area contributed by atoms with Crippen LogP contribution < -0.4 is 11.1 Å². The highest BCUT2D eigenvalue weighted by Crippen LogP contribution is 2.44. The molecule has 2 atom stereocenters. The molecule has 8 heteroatoms. The van der Waals surface area contributed by atoms with Crippen LogP contribution in [0.25, 0.3) is 11.1 Å². The summed E-state index contributed by atoms with van der Waals surface area (Å²) in [7, 11) is 0. The molecule has 0 unspecified atom stereocenters. The van der Waals surface area contributed by atoms with E-state index in [1.165, 1.54) is 11.1 Å². The van der Waals surface area contributed by atoms with Crippen molar-refractivity contribution in [3.05, 3.63) is 59.7 Å². The first-order chi connectivity index (χ1) is 15.3. The van der Waals surface area contributed by atoms with Gasteiger partial charge in [0.1, 0.15) is 12.4 Å². The molecule has 0 saturated heterocycles. The molecule has 2 aromatic carbocycles. The fourth-order valence-electron chi connectivity index (χ4n) is 4.31. The largest absolute Gasteiger partial charge is 0.449 e. The average molecular weight is 505 g/mol. The Kier molecular flexibility index (Phi) is 11.7. The fraction of sp³-hybridized carbons (Fsp3) is 0.423. The molecule has 0 heterocycles. The first-order valence-corrected chi connectivity index (χ1v) is 11.2. The minimum atomic E-state index is -0.555. The number of Topliss-reactive ketones (excluding diaryl/α,β-unsaturated/α-hetero) is 1. The first-order valence-electron chi connectivity index (χ1n) is 11.2. The Morgan fingerprint density at radius 1 is 0.941 bits per heavy atom. The van der Waals surface area contributed by atoms with Gasteiger partial charge in [-0.3, -0.25) is 9.59 Å². The van der Waals surface area contributed by atoms with Crippen molar-refractivity contribution in [1.82, 2.24) is 5.32 Å². The fourth-order valence-corrected chi connectivity index (χ4v) is 4.31. The lowest BCUT2D eigenvalue weighted by Crippen LogP contribution is -2.35. The number of ether oxygens (including phenoxy) is 1. The minimum Gasteiger partial charge on any atom is -0.449 e. The van der Waals surface area contributed by atoms with Gasteiger partial charge >= 0.3 is 6.09 Å². The molecule has 1 aliphatic carbocycles. The van der Waals surface area contributed by atoms with E-state index in [2.05, 4.69) is 29.6 Å². The normalized spacial score (nSPS) is 13.5. The number of hydrogen-bond donors (Lipinski definition) is 2. The summed E-state index contributed by atoms with van der Waals surface area (Å²) in [5.41, 5.74) is 10.1. The first kappa shape index (κ1) is 29.6. The van der Waals surface area contributed by atoms with Crippen molar-refractivity contribution < 1.29 is 19.1 Å². The summed E-state index contributed by atoms with van der Waals surface area (Å²) in [5.74, 6) is -1.19. The number of nitrogens with one attached hydrogen (secondary N) is 1. The number of amides is 2. The van der Waals surface area contributed by atoms with Crippen molar-refractivity contribution in [2.75, 3.05) is 13.2 Å². The lowest BCUT2D eigenvalue weighted by Gasteiger charge is -2.18. The van der Waals surface area contributed by atoms with E-state index >= 15 is 0 Å². The Morgan fingerprint density at radius 2 is 1.47 bits per heavy atom. The van der Waals surface area contributed by atoms with Crippen LogP contribution >= 0.6 is 27.0 Å². The quantitative estimate of drug-likeness (QED) is 0.498. The highest BCUT2D eigenvalue weighted by Gasteiger charge is 2.29. The molecule has 34 heavy (non-hydrogen) atoms. The summed E-state index contributed by atoms with van der Waals surface area (Å²) < 4.78 is 5.51. The number of ketones is 1. The SMILES string of the molecule is CC(C)C[C@H](CC(=O)[C@@H](C)CNC(=O)OCC1c2ccccc2-c2ccccc21)C(N)=O.S.S. The summed E-state index contributed by atoms with van der Waals surface area (Å²) in [6.45, 7) is 6.09. The van der Waals surface area contributed by atoms with Crippen LogP contribution in [0.4, 0.5) is 4.79 Å². The van der Waals surface area contributed by atoms with E-state index in [1.807, 2.05) is 38.1 Å². The van der Waals surface area contributed by atoms with Crippen molar-refractivity contribution in [2.45, 2.75) is 39.5 Å². The van der Waals surface area contributed by atoms with Gasteiger partial charge in [-0.1, -0.05) is 69.3 Å². The van der Waals surface area contributed by atoms with Crippen LogP contribution in [-0.2, 0) is 14.3 Å². The molecule has 0 aliphatic heterocycles. The van der Waals surface area contributed by atoms with Crippen LogP contribution in [-0.4, -0.2) is 30.9 Å². The van der Waals surface area contributed by atoms with Gasteiger partial charge in [0.2, 0.25) is 5.91 Å². The van der Waals surface area contributed by atoms with E-state index in [1.54, 1.807) is 6.92 Å². The predicted molar refractivity (Wildman–Crippen MR) is 145 cm³/mol. The smallest absolute Gasteiger partial charge is 0.407 e. The van der Waals surface area contributed by atoms with Crippen molar-refractivity contribution in [3.8, 4) is 11.1 Å². The number of alkyl carbamates (subject to hydrolysis) is 1. The molecule has 2 aromatic rings. The van der Waals surface area contributed by atoms with Gasteiger partial charge < -0.3 is 15.8 Å². The minimum absolute atomic E-state index is 0. The maximum Gasteiger partial charge on any atom is 0.407 e. The van der Waals surface area contributed by atoms with Crippen LogP contribution in [0, 0.1) is 17.8 Å². The number of rotatable bonds is 10. The zero-order valence-corrected chi connectivity index (χ0v) is 22.0. The van der Waals surface area contributed by atoms with Crippen molar-refractivity contribution >= 4 is 44.8 Å². The van der Waals surface area contributed by atoms with Gasteiger partial charge in [0.15, 0.2) is 0 Å². The Balaban J connectivity index is 0.00000289. The van der Waals surface area contributed by atoms with Crippen molar-refractivity contribution in [2.24, 2.45) is 23.5 Å². The zero-order valence-electron chi connectivity index (χ0n) is 20.0. The lowest BCUT2D eigenvalue weighted by atomic mass is 9.88. The monoisotopic (exact) mass is 504 g/mol. The van der Waals surface area contributed by atoms with Gasteiger partial charge in [-0.25, -0.2) is 4.79 Å². The summed E-state index contributed by atoms with van der Waals surface area (Å²) in [4.78, 5) is 36.4. The van der Waals surface area contributed by atoms with E-state index in [-0.39, 0.29) is 64.2 Å². The average Bonchev–Trinajstić information content (AvgIpc) is 3.09. The summed E-state index contributed by atoms with van der Waals surface area (Å²) in [6, 6.07) is 16.3. The molecular weight excluding hydrogens is 468 g/mol. The number of benzene rings is 2. The molecular formula is C26H36N2O4S2. The van der Waals surface area contributed by atoms with E-state index in [9.17, 15) is 14.4 Å². The third kappa shape index (κ3) is 7.27. The Bertz CT molecular complexity index is 951. The van der Waals surface area contributed by atoms with Gasteiger partial charge in [-0.15, -0.1) is 0 Å². The molecule has 3 N–H and O–H groups in total. The van der Waals surface area contributed by atoms with E-state index in [0.717, 1.165) is 11.1 Å². The molecule has 0 spiro atoms. The van der Waals surface area contributed by atoms with E-state index in [4.69, 9.17) is 10.5 Å². The summed E-state index contributed by atoms with van der Waals surface area (Å²) in [6.07, 6.45) is 0.120.